The SMILES string of the molecule is COc1c[nH]c(C(=O)N2CCN(S(=O)(=O)N(C)C)CC2)cc1=O. The number of methoxy groups -OCH3 is 1. The van der Waals surface area contributed by atoms with Gasteiger partial charge in [-0.3, -0.25) is 9.59 Å². The van der Waals surface area contributed by atoms with Gasteiger partial charge in [0.2, 0.25) is 5.43 Å². The van der Waals surface area contributed by atoms with Crippen molar-refractivity contribution in [2.24, 2.45) is 0 Å². The van der Waals surface area contributed by atoms with Gasteiger partial charge in [-0.2, -0.15) is 17.0 Å². The Morgan fingerprint density at radius 1 is 1.26 bits per heavy atom. The van der Waals surface area contributed by atoms with E-state index in [4.69, 9.17) is 4.74 Å². The summed E-state index contributed by atoms with van der Waals surface area (Å²) >= 11 is 0. The Labute approximate surface area is 134 Å². The number of H-pyrrole nitrogens is 1. The van der Waals surface area contributed by atoms with Gasteiger partial charge in [0.1, 0.15) is 5.69 Å². The molecule has 0 unspecified atom stereocenters. The van der Waals surface area contributed by atoms with Crippen LogP contribution >= 0.6 is 0 Å². The first kappa shape index (κ1) is 17.4. The van der Waals surface area contributed by atoms with Crippen molar-refractivity contribution in [3.8, 4) is 5.75 Å². The maximum absolute atomic E-state index is 12.4. The predicted octanol–water partition coefficient (Wildman–Crippen LogP) is -1.05. The lowest BCUT2D eigenvalue weighted by Gasteiger charge is -2.35. The van der Waals surface area contributed by atoms with E-state index >= 15 is 0 Å². The molecular formula is C13H20N4O5S. The number of pyridine rings is 1. The average Bonchev–Trinajstić information content (AvgIpc) is 2.54. The van der Waals surface area contributed by atoms with E-state index in [-0.39, 0.29) is 49.0 Å². The molecule has 1 aliphatic heterocycles. The number of ether oxygens (including phenoxy) is 1. The summed E-state index contributed by atoms with van der Waals surface area (Å²) in [7, 11) is 0.831. The molecule has 128 valence electrons. The minimum absolute atomic E-state index is 0.128. The van der Waals surface area contributed by atoms with E-state index in [0.29, 0.717) is 0 Å². The summed E-state index contributed by atoms with van der Waals surface area (Å²) in [5.41, 5.74) is -0.233. The van der Waals surface area contributed by atoms with E-state index in [2.05, 4.69) is 4.98 Å². The minimum Gasteiger partial charge on any atom is -0.491 e. The molecule has 0 radical (unpaired) electrons. The maximum atomic E-state index is 12.4. The van der Waals surface area contributed by atoms with Crippen LogP contribution in [0.2, 0.25) is 0 Å². The predicted molar refractivity (Wildman–Crippen MR) is 83.7 cm³/mol. The molecule has 1 aromatic heterocycles. The summed E-state index contributed by atoms with van der Waals surface area (Å²) in [6.07, 6.45) is 1.34. The highest BCUT2D eigenvalue weighted by Gasteiger charge is 2.30. The highest BCUT2D eigenvalue weighted by molar-refractivity contribution is 7.86. The van der Waals surface area contributed by atoms with Gasteiger partial charge in [-0.15, -0.1) is 0 Å². The monoisotopic (exact) mass is 344 g/mol. The van der Waals surface area contributed by atoms with E-state index in [0.717, 1.165) is 4.31 Å². The van der Waals surface area contributed by atoms with Crippen LogP contribution in [0.25, 0.3) is 0 Å². The molecule has 1 aliphatic rings. The molecule has 10 heteroatoms. The Bertz CT molecular complexity index is 735. The van der Waals surface area contributed by atoms with Gasteiger partial charge in [-0.1, -0.05) is 0 Å². The fraction of sp³-hybridized carbons (Fsp3) is 0.538. The molecule has 23 heavy (non-hydrogen) atoms. The quantitative estimate of drug-likeness (QED) is 0.751. The lowest BCUT2D eigenvalue weighted by Crippen LogP contribution is -2.53. The zero-order chi connectivity index (χ0) is 17.2. The molecule has 0 saturated carbocycles. The highest BCUT2D eigenvalue weighted by Crippen LogP contribution is 2.12. The molecule has 1 saturated heterocycles. The van der Waals surface area contributed by atoms with Crippen LogP contribution in [0.3, 0.4) is 0 Å². The van der Waals surface area contributed by atoms with Crippen LogP contribution in [0.15, 0.2) is 17.1 Å². The third-order valence-corrected chi connectivity index (χ3v) is 5.58. The third-order valence-electron chi connectivity index (χ3n) is 3.64. The first-order valence-corrected chi connectivity index (χ1v) is 8.40. The van der Waals surface area contributed by atoms with E-state index in [1.807, 2.05) is 0 Å². The molecule has 9 nitrogen and oxygen atoms in total. The van der Waals surface area contributed by atoms with Crippen molar-refractivity contribution in [1.82, 2.24) is 18.5 Å². The minimum atomic E-state index is -3.48. The Morgan fingerprint density at radius 2 is 1.87 bits per heavy atom. The first-order valence-electron chi connectivity index (χ1n) is 7.01. The van der Waals surface area contributed by atoms with Crippen LogP contribution in [0.5, 0.6) is 5.75 Å². The second kappa shape index (κ2) is 6.69. The molecule has 2 heterocycles. The van der Waals surface area contributed by atoms with Gasteiger partial charge in [0, 0.05) is 52.5 Å². The Hall–Kier alpha value is -1.91. The largest absolute Gasteiger partial charge is 0.491 e. The zero-order valence-electron chi connectivity index (χ0n) is 13.3. The lowest BCUT2D eigenvalue weighted by atomic mass is 10.2. The summed E-state index contributed by atoms with van der Waals surface area (Å²) in [6.45, 7) is 0.958. The van der Waals surface area contributed by atoms with Crippen molar-refractivity contribution in [2.45, 2.75) is 0 Å². The number of nitrogens with one attached hydrogen (secondary N) is 1. The number of carbonyl (C=O) groups excluding carboxylic acids is 1. The van der Waals surface area contributed by atoms with Crippen molar-refractivity contribution in [1.29, 1.82) is 0 Å². The molecule has 0 spiro atoms. The molecule has 2 rings (SSSR count). The number of aromatic amines is 1. The lowest BCUT2D eigenvalue weighted by molar-refractivity contribution is 0.0689. The molecule has 0 atom stereocenters. The fourth-order valence-corrected chi connectivity index (χ4v) is 3.35. The van der Waals surface area contributed by atoms with E-state index in [9.17, 15) is 18.0 Å². The second-order valence-corrected chi connectivity index (χ2v) is 7.40. The highest BCUT2D eigenvalue weighted by atomic mass is 32.2. The van der Waals surface area contributed by atoms with Crippen LogP contribution in [-0.4, -0.2) is 80.2 Å². The average molecular weight is 344 g/mol. The summed E-state index contributed by atoms with van der Waals surface area (Å²) in [5, 5.41) is 0. The molecule has 0 aliphatic carbocycles. The second-order valence-electron chi connectivity index (χ2n) is 5.26. The van der Waals surface area contributed by atoms with Gasteiger partial charge in [-0.25, -0.2) is 0 Å². The molecule has 0 aromatic carbocycles. The van der Waals surface area contributed by atoms with Crippen LogP contribution in [-0.2, 0) is 10.2 Å². The van der Waals surface area contributed by atoms with Gasteiger partial charge in [0.15, 0.2) is 5.75 Å². The van der Waals surface area contributed by atoms with Crippen LogP contribution in [0.4, 0.5) is 0 Å². The summed E-state index contributed by atoms with van der Waals surface area (Å²) in [6, 6.07) is 1.18. The van der Waals surface area contributed by atoms with Gasteiger partial charge in [0.25, 0.3) is 16.1 Å². The topological polar surface area (TPSA) is 103 Å². The molecular weight excluding hydrogens is 324 g/mol. The van der Waals surface area contributed by atoms with Gasteiger partial charge < -0.3 is 14.6 Å². The van der Waals surface area contributed by atoms with Crippen LogP contribution in [0, 0.1) is 0 Å². The smallest absolute Gasteiger partial charge is 0.281 e. The standard InChI is InChI=1S/C13H20N4O5S/c1-15(2)23(20,21)17-6-4-16(5-7-17)13(19)10-8-11(18)12(22-3)9-14-10/h8-9H,4-7H2,1-3H3,(H,14,18). The van der Waals surface area contributed by atoms with Crippen molar-refractivity contribution < 1.29 is 17.9 Å². The van der Waals surface area contributed by atoms with Gasteiger partial charge in [-0.05, 0) is 0 Å². The van der Waals surface area contributed by atoms with Crippen molar-refractivity contribution in [3.63, 3.8) is 0 Å². The summed E-state index contributed by atoms with van der Waals surface area (Å²) in [5.74, 6) is -0.213. The maximum Gasteiger partial charge on any atom is 0.281 e. The van der Waals surface area contributed by atoms with E-state index < -0.39 is 10.2 Å². The third kappa shape index (κ3) is 3.54. The number of hydrogen-bond donors (Lipinski definition) is 1. The van der Waals surface area contributed by atoms with Crippen molar-refractivity contribution in [2.75, 3.05) is 47.4 Å². The van der Waals surface area contributed by atoms with Crippen molar-refractivity contribution >= 4 is 16.1 Å². The number of hydrogen-bond acceptors (Lipinski definition) is 5. The summed E-state index contributed by atoms with van der Waals surface area (Å²) in [4.78, 5) is 28.3. The normalized spacial score (nSPS) is 16.6. The fourth-order valence-electron chi connectivity index (χ4n) is 2.26. The Morgan fingerprint density at radius 3 is 2.35 bits per heavy atom. The summed E-state index contributed by atoms with van der Waals surface area (Å²) < 4.78 is 31.4. The number of amides is 1. The molecule has 1 fully saturated rings. The number of piperazine rings is 1. The van der Waals surface area contributed by atoms with Crippen LogP contribution in [0.1, 0.15) is 10.5 Å². The number of aromatic nitrogens is 1. The van der Waals surface area contributed by atoms with Gasteiger partial charge in [0.05, 0.1) is 7.11 Å². The molecule has 1 aromatic rings. The Kier molecular flexibility index (Phi) is 5.07. The number of carbonyl (C=O) groups is 1. The Balaban J connectivity index is 2.07. The van der Waals surface area contributed by atoms with E-state index in [1.165, 1.54) is 42.7 Å². The van der Waals surface area contributed by atoms with Gasteiger partial charge >= 0.3 is 0 Å². The molecule has 0 bridgehead atoms. The molecule has 1 amide bonds. The molecule has 1 N–H and O–H groups in total. The first-order chi connectivity index (χ1) is 10.8. The van der Waals surface area contributed by atoms with Crippen LogP contribution < -0.4 is 10.2 Å². The van der Waals surface area contributed by atoms with Crippen molar-refractivity contribution in [3.05, 3.63) is 28.2 Å². The zero-order valence-corrected chi connectivity index (χ0v) is 14.1. The number of rotatable bonds is 4. The van der Waals surface area contributed by atoms with E-state index in [1.54, 1.807) is 0 Å². The number of nitrogens with zero attached hydrogens (tertiary/aromatic N) is 3.